The van der Waals surface area contributed by atoms with Crippen LogP contribution in [0.25, 0.3) is 16.9 Å². The van der Waals surface area contributed by atoms with Crippen LogP contribution in [0.4, 0.5) is 29.1 Å². The van der Waals surface area contributed by atoms with Crippen LogP contribution in [-0.2, 0) is 0 Å². The van der Waals surface area contributed by atoms with Crippen molar-refractivity contribution in [3.8, 4) is 17.0 Å². The Balaban J connectivity index is 1.82. The number of aromatic amines is 1. The number of fused-ring (bicyclic) bond motifs is 1. The fourth-order valence-corrected chi connectivity index (χ4v) is 3.32. The largest absolute Gasteiger partial charge is 0.480 e. The molecule has 1 aromatic carbocycles. The molecule has 4 aromatic rings. The number of ether oxygens (including phenoxy) is 1. The number of benzene rings is 1. The Kier molecular flexibility index (Phi) is 5.81. The summed E-state index contributed by atoms with van der Waals surface area (Å²) >= 11 is 5.91. The summed E-state index contributed by atoms with van der Waals surface area (Å²) < 4.78 is 61.3. The maximum absolute atomic E-state index is 15.1. The highest BCUT2D eigenvalue weighted by Crippen LogP contribution is 2.34. The van der Waals surface area contributed by atoms with Crippen LogP contribution in [0, 0.1) is 12.7 Å². The summed E-state index contributed by atoms with van der Waals surface area (Å²) in [7, 11) is 0. The van der Waals surface area contributed by atoms with E-state index >= 15 is 4.39 Å². The lowest BCUT2D eigenvalue weighted by atomic mass is 10.1. The van der Waals surface area contributed by atoms with Gasteiger partial charge in [-0.1, -0.05) is 11.6 Å². The second kappa shape index (κ2) is 8.48. The number of carbonyl (C=O) groups excluding carboxylic acids is 1. The first-order valence-corrected chi connectivity index (χ1v) is 10.0. The molecule has 178 valence electrons. The minimum absolute atomic E-state index is 0.00862. The number of carbonyl (C=O) groups is 1. The molecule has 4 N–H and O–H groups in total. The molecule has 4 rings (SSSR count). The number of amides is 1. The van der Waals surface area contributed by atoms with Crippen molar-refractivity contribution >= 4 is 34.7 Å². The fourth-order valence-electron chi connectivity index (χ4n) is 3.09. The van der Waals surface area contributed by atoms with Gasteiger partial charge in [-0.2, -0.15) is 18.3 Å². The second-order valence-electron chi connectivity index (χ2n) is 7.27. The summed E-state index contributed by atoms with van der Waals surface area (Å²) in [4.78, 5) is 21.0. The Morgan fingerprint density at radius 2 is 2.09 bits per heavy atom. The van der Waals surface area contributed by atoms with Crippen LogP contribution in [0.5, 0.6) is 5.75 Å². The lowest BCUT2D eigenvalue weighted by Crippen LogP contribution is -2.32. The van der Waals surface area contributed by atoms with E-state index in [-0.39, 0.29) is 27.9 Å². The summed E-state index contributed by atoms with van der Waals surface area (Å²) in [6.07, 6.45) is -2.67. The van der Waals surface area contributed by atoms with Crippen LogP contribution < -0.4 is 15.8 Å². The summed E-state index contributed by atoms with van der Waals surface area (Å²) in [6, 6.07) is 1.71. The first kappa shape index (κ1) is 23.3. The van der Waals surface area contributed by atoms with Gasteiger partial charge >= 0.3 is 6.18 Å². The standard InChI is InChI=1S/C20H16ClF4N7O2/c1-8-15(16(21)31-30-8)29-19(33)11-5-12(22)10(6-14(11)34-9(2)20(23,24)25)13-7-32-4-3-27-18(32)17(26)28-13/h3-7,9H,1-2H3,(H2,26,28)(H,29,33)(H,30,31). The molecular formula is C20H16ClF4N7O2. The Morgan fingerprint density at radius 1 is 1.35 bits per heavy atom. The maximum Gasteiger partial charge on any atom is 0.425 e. The topological polar surface area (TPSA) is 123 Å². The number of imidazole rings is 1. The third-order valence-electron chi connectivity index (χ3n) is 4.90. The molecule has 3 aromatic heterocycles. The molecule has 14 heteroatoms. The molecule has 3 heterocycles. The van der Waals surface area contributed by atoms with E-state index in [9.17, 15) is 18.0 Å². The number of aryl methyl sites for hydroxylation is 1. The SMILES string of the molecule is Cc1[nH]nc(Cl)c1NC(=O)c1cc(F)c(-c2cn3ccnc3c(N)n2)cc1OC(C)C(F)(F)F. The maximum atomic E-state index is 15.1. The Hall–Kier alpha value is -3.87. The number of anilines is 2. The monoisotopic (exact) mass is 497 g/mol. The predicted molar refractivity (Wildman–Crippen MR) is 115 cm³/mol. The molecule has 0 saturated carbocycles. The molecular weight excluding hydrogens is 482 g/mol. The van der Waals surface area contributed by atoms with Crippen molar-refractivity contribution in [3.63, 3.8) is 0 Å². The van der Waals surface area contributed by atoms with Gasteiger partial charge in [-0.25, -0.2) is 14.4 Å². The number of rotatable bonds is 5. The number of nitrogens with one attached hydrogen (secondary N) is 2. The number of hydrogen-bond donors (Lipinski definition) is 3. The zero-order chi connectivity index (χ0) is 24.8. The van der Waals surface area contributed by atoms with Gasteiger partial charge in [0.05, 0.1) is 17.0 Å². The lowest BCUT2D eigenvalue weighted by molar-refractivity contribution is -0.189. The normalized spacial score (nSPS) is 12.7. The number of aromatic nitrogens is 5. The first-order valence-electron chi connectivity index (χ1n) is 9.64. The second-order valence-corrected chi connectivity index (χ2v) is 7.63. The number of nitrogens with two attached hydrogens (primary N) is 1. The van der Waals surface area contributed by atoms with E-state index in [1.807, 2.05) is 0 Å². The number of nitrogens with zero attached hydrogens (tertiary/aromatic N) is 4. The Bertz CT molecular complexity index is 1380. The smallest absolute Gasteiger partial charge is 0.425 e. The van der Waals surface area contributed by atoms with Gasteiger partial charge in [0.25, 0.3) is 5.91 Å². The van der Waals surface area contributed by atoms with E-state index < -0.39 is 35.3 Å². The van der Waals surface area contributed by atoms with Crippen molar-refractivity contribution in [2.45, 2.75) is 26.1 Å². The molecule has 1 amide bonds. The molecule has 9 nitrogen and oxygen atoms in total. The van der Waals surface area contributed by atoms with Gasteiger partial charge in [-0.05, 0) is 26.0 Å². The third-order valence-corrected chi connectivity index (χ3v) is 5.17. The molecule has 34 heavy (non-hydrogen) atoms. The average Bonchev–Trinajstić information content (AvgIpc) is 3.36. The number of halogens is 5. The Labute approximate surface area is 193 Å². The van der Waals surface area contributed by atoms with Crippen LogP contribution in [0.3, 0.4) is 0 Å². The minimum Gasteiger partial charge on any atom is -0.480 e. The molecule has 0 aliphatic heterocycles. The molecule has 0 spiro atoms. The number of hydrogen-bond acceptors (Lipinski definition) is 6. The predicted octanol–water partition coefficient (Wildman–Crippen LogP) is 4.38. The van der Waals surface area contributed by atoms with Gasteiger partial charge in [0.1, 0.15) is 17.3 Å². The highest BCUT2D eigenvalue weighted by atomic mass is 35.5. The van der Waals surface area contributed by atoms with Crippen molar-refractivity contribution in [1.82, 2.24) is 24.6 Å². The highest BCUT2D eigenvalue weighted by molar-refractivity contribution is 6.33. The number of H-pyrrole nitrogens is 1. The minimum atomic E-state index is -4.74. The lowest BCUT2D eigenvalue weighted by Gasteiger charge is -2.20. The zero-order valence-electron chi connectivity index (χ0n) is 17.5. The molecule has 0 bridgehead atoms. The molecule has 1 unspecified atom stereocenters. The van der Waals surface area contributed by atoms with Gasteiger partial charge in [-0.15, -0.1) is 0 Å². The Morgan fingerprint density at radius 3 is 2.74 bits per heavy atom. The third kappa shape index (κ3) is 4.33. The van der Waals surface area contributed by atoms with Gasteiger partial charge in [0.2, 0.25) is 0 Å². The van der Waals surface area contributed by atoms with Crippen molar-refractivity contribution < 1.29 is 27.1 Å². The average molecular weight is 498 g/mol. The van der Waals surface area contributed by atoms with E-state index in [2.05, 4.69) is 25.5 Å². The van der Waals surface area contributed by atoms with E-state index in [1.54, 1.807) is 6.92 Å². The summed E-state index contributed by atoms with van der Waals surface area (Å²) in [5.41, 5.74) is 5.91. The summed E-state index contributed by atoms with van der Waals surface area (Å²) in [6.45, 7) is 2.32. The van der Waals surface area contributed by atoms with Gasteiger partial charge in [0, 0.05) is 24.2 Å². The van der Waals surface area contributed by atoms with Crippen molar-refractivity contribution in [1.29, 1.82) is 0 Å². The molecule has 0 fully saturated rings. The van der Waals surface area contributed by atoms with Crippen LogP contribution >= 0.6 is 11.6 Å². The van der Waals surface area contributed by atoms with Crippen molar-refractivity contribution in [3.05, 3.63) is 53.0 Å². The number of alkyl halides is 3. The van der Waals surface area contributed by atoms with Crippen LogP contribution in [0.2, 0.25) is 5.15 Å². The van der Waals surface area contributed by atoms with Gasteiger partial charge < -0.3 is 20.2 Å². The molecule has 0 radical (unpaired) electrons. The van der Waals surface area contributed by atoms with Gasteiger partial charge in [0.15, 0.2) is 22.7 Å². The van der Waals surface area contributed by atoms with E-state index in [1.165, 1.54) is 23.0 Å². The summed E-state index contributed by atoms with van der Waals surface area (Å²) in [5.74, 6) is -2.46. The highest BCUT2D eigenvalue weighted by Gasteiger charge is 2.39. The van der Waals surface area contributed by atoms with E-state index in [0.29, 0.717) is 11.3 Å². The van der Waals surface area contributed by atoms with Crippen LogP contribution in [0.15, 0.2) is 30.7 Å². The molecule has 0 aliphatic carbocycles. The first-order chi connectivity index (χ1) is 16.0. The quantitative estimate of drug-likeness (QED) is 0.351. The van der Waals surface area contributed by atoms with Gasteiger partial charge in [-0.3, -0.25) is 9.89 Å². The van der Waals surface area contributed by atoms with E-state index in [4.69, 9.17) is 22.1 Å². The van der Waals surface area contributed by atoms with E-state index in [0.717, 1.165) is 19.1 Å². The van der Waals surface area contributed by atoms with Crippen molar-refractivity contribution in [2.24, 2.45) is 0 Å². The number of nitrogen functional groups attached to an aromatic ring is 1. The molecule has 0 aliphatic rings. The van der Waals surface area contributed by atoms with Crippen molar-refractivity contribution in [2.75, 3.05) is 11.1 Å². The fraction of sp³-hybridized carbons (Fsp3) is 0.200. The van der Waals surface area contributed by atoms with Crippen LogP contribution in [-0.4, -0.2) is 42.8 Å². The molecule has 1 atom stereocenters. The zero-order valence-corrected chi connectivity index (χ0v) is 18.3. The summed E-state index contributed by atoms with van der Waals surface area (Å²) in [5, 5.41) is 8.57. The van der Waals surface area contributed by atoms with Crippen LogP contribution in [0.1, 0.15) is 23.0 Å². The molecule has 0 saturated heterocycles.